The van der Waals surface area contributed by atoms with E-state index in [2.05, 4.69) is 10.6 Å². The van der Waals surface area contributed by atoms with Crippen LogP contribution >= 0.6 is 11.6 Å². The number of aryl methyl sites for hydroxylation is 2. The summed E-state index contributed by atoms with van der Waals surface area (Å²) in [5.41, 5.74) is 2.75. The zero-order valence-electron chi connectivity index (χ0n) is 20.8. The zero-order valence-corrected chi connectivity index (χ0v) is 21.6. The van der Waals surface area contributed by atoms with Crippen molar-refractivity contribution in [2.24, 2.45) is 0 Å². The molecule has 4 rings (SSSR count). The molecule has 1 aliphatic heterocycles. The molecule has 0 aromatic heterocycles. The molecule has 10 heteroatoms. The Hall–Kier alpha value is -4.63. The molecule has 1 fully saturated rings. The number of imide groups is 2. The van der Waals surface area contributed by atoms with Gasteiger partial charge < -0.3 is 14.8 Å². The minimum Gasteiger partial charge on any atom is -0.493 e. The number of rotatable bonds is 7. The SMILES string of the molecule is COc1cc(/C=C2/C(=O)NC(=O)N(c3cc(Cl)ccc3C)C2=O)ccc1OCC(=O)Nc1cccc(C)c1. The Balaban J connectivity index is 1.53. The van der Waals surface area contributed by atoms with Crippen molar-refractivity contribution < 1.29 is 28.7 Å². The number of carbonyl (C=O) groups excluding carboxylic acids is 4. The van der Waals surface area contributed by atoms with E-state index in [1.54, 1.807) is 43.3 Å². The van der Waals surface area contributed by atoms with Crippen LogP contribution in [0.1, 0.15) is 16.7 Å². The van der Waals surface area contributed by atoms with Crippen LogP contribution in [0.25, 0.3) is 6.08 Å². The average Bonchev–Trinajstić information content (AvgIpc) is 2.87. The number of amides is 5. The van der Waals surface area contributed by atoms with Gasteiger partial charge in [-0.3, -0.25) is 19.7 Å². The van der Waals surface area contributed by atoms with Gasteiger partial charge in [0.25, 0.3) is 17.7 Å². The van der Waals surface area contributed by atoms with Gasteiger partial charge in [0.2, 0.25) is 0 Å². The zero-order chi connectivity index (χ0) is 27.4. The van der Waals surface area contributed by atoms with E-state index in [0.717, 1.165) is 10.5 Å². The quantitative estimate of drug-likeness (QED) is 0.337. The van der Waals surface area contributed by atoms with Crippen LogP contribution in [0.3, 0.4) is 0 Å². The molecule has 0 bridgehead atoms. The van der Waals surface area contributed by atoms with Crippen molar-refractivity contribution in [3.63, 3.8) is 0 Å². The second kappa shape index (κ2) is 11.2. The minimum atomic E-state index is -0.868. The smallest absolute Gasteiger partial charge is 0.335 e. The Morgan fingerprint density at radius 1 is 1.03 bits per heavy atom. The van der Waals surface area contributed by atoms with Crippen LogP contribution in [0, 0.1) is 13.8 Å². The van der Waals surface area contributed by atoms with Crippen LogP contribution in [-0.4, -0.2) is 37.5 Å². The summed E-state index contributed by atoms with van der Waals surface area (Å²) in [5, 5.41) is 5.28. The summed E-state index contributed by atoms with van der Waals surface area (Å²) < 4.78 is 11.0. The maximum atomic E-state index is 13.2. The Bertz CT molecular complexity index is 1480. The van der Waals surface area contributed by atoms with E-state index in [1.807, 2.05) is 25.1 Å². The van der Waals surface area contributed by atoms with Gasteiger partial charge in [-0.1, -0.05) is 35.9 Å². The fraction of sp³-hybridized carbons (Fsp3) is 0.143. The van der Waals surface area contributed by atoms with Crippen LogP contribution in [0.4, 0.5) is 16.2 Å². The fourth-order valence-electron chi connectivity index (χ4n) is 3.82. The summed E-state index contributed by atoms with van der Waals surface area (Å²) >= 11 is 6.06. The third-order valence-electron chi connectivity index (χ3n) is 5.67. The lowest BCUT2D eigenvalue weighted by Crippen LogP contribution is -2.54. The highest BCUT2D eigenvalue weighted by Gasteiger charge is 2.37. The van der Waals surface area contributed by atoms with Crippen LogP contribution in [0.2, 0.25) is 5.02 Å². The fourth-order valence-corrected chi connectivity index (χ4v) is 3.99. The molecule has 194 valence electrons. The molecule has 1 heterocycles. The lowest BCUT2D eigenvalue weighted by Gasteiger charge is -2.27. The number of carbonyl (C=O) groups is 4. The number of nitrogens with one attached hydrogen (secondary N) is 2. The van der Waals surface area contributed by atoms with Crippen LogP contribution in [-0.2, 0) is 14.4 Å². The first-order valence-electron chi connectivity index (χ1n) is 11.5. The third-order valence-corrected chi connectivity index (χ3v) is 5.91. The molecule has 0 radical (unpaired) electrons. The summed E-state index contributed by atoms with van der Waals surface area (Å²) in [7, 11) is 1.42. The molecule has 3 aromatic carbocycles. The van der Waals surface area contributed by atoms with E-state index in [0.29, 0.717) is 27.6 Å². The van der Waals surface area contributed by atoms with Gasteiger partial charge >= 0.3 is 6.03 Å². The topological polar surface area (TPSA) is 114 Å². The molecule has 0 spiro atoms. The molecular formula is C28H24ClN3O6. The Morgan fingerprint density at radius 3 is 2.55 bits per heavy atom. The lowest BCUT2D eigenvalue weighted by molar-refractivity contribution is -0.122. The minimum absolute atomic E-state index is 0.253. The largest absolute Gasteiger partial charge is 0.493 e. The van der Waals surface area contributed by atoms with Crippen molar-refractivity contribution in [1.29, 1.82) is 0 Å². The number of nitrogens with zero attached hydrogens (tertiary/aromatic N) is 1. The summed E-state index contributed by atoms with van der Waals surface area (Å²) in [6.07, 6.45) is 1.34. The van der Waals surface area contributed by atoms with Gasteiger partial charge in [-0.15, -0.1) is 0 Å². The van der Waals surface area contributed by atoms with Crippen molar-refractivity contribution in [2.45, 2.75) is 13.8 Å². The molecule has 1 saturated heterocycles. The summed E-state index contributed by atoms with van der Waals surface area (Å²) in [6, 6.07) is 16.0. The van der Waals surface area contributed by atoms with Gasteiger partial charge in [0.05, 0.1) is 12.8 Å². The maximum absolute atomic E-state index is 13.2. The number of halogens is 1. The first-order valence-corrected chi connectivity index (χ1v) is 11.9. The summed E-state index contributed by atoms with van der Waals surface area (Å²) in [5.74, 6) is -1.40. The number of hydrogen-bond donors (Lipinski definition) is 2. The van der Waals surface area contributed by atoms with Gasteiger partial charge in [0.1, 0.15) is 5.57 Å². The standard InChI is InChI=1S/C28H24ClN3O6/c1-16-5-4-6-20(11-16)30-25(33)15-38-23-10-8-18(13-24(23)37-3)12-21-26(34)31-28(36)32(27(21)35)22-14-19(29)9-7-17(22)2/h4-14H,15H2,1-3H3,(H,30,33)(H,31,34,36)/b21-12-. The predicted molar refractivity (Wildman–Crippen MR) is 143 cm³/mol. The number of anilines is 2. The molecular weight excluding hydrogens is 510 g/mol. The van der Waals surface area contributed by atoms with Gasteiger partial charge in [-0.25, -0.2) is 9.69 Å². The second-order valence-corrected chi connectivity index (χ2v) is 8.94. The molecule has 9 nitrogen and oxygen atoms in total. The van der Waals surface area contributed by atoms with Gasteiger partial charge in [-0.05, 0) is 73.0 Å². The van der Waals surface area contributed by atoms with E-state index in [4.69, 9.17) is 21.1 Å². The average molecular weight is 534 g/mol. The van der Waals surface area contributed by atoms with Crippen molar-refractivity contribution in [1.82, 2.24) is 5.32 Å². The van der Waals surface area contributed by atoms with Gasteiger partial charge in [0.15, 0.2) is 18.1 Å². The van der Waals surface area contributed by atoms with E-state index in [9.17, 15) is 19.2 Å². The molecule has 0 aliphatic carbocycles. The first-order chi connectivity index (χ1) is 18.2. The number of urea groups is 1. The molecule has 0 saturated carbocycles. The van der Waals surface area contributed by atoms with Gasteiger partial charge in [0, 0.05) is 10.7 Å². The van der Waals surface area contributed by atoms with Crippen LogP contribution < -0.4 is 25.0 Å². The molecule has 3 aromatic rings. The Morgan fingerprint density at radius 2 is 1.82 bits per heavy atom. The van der Waals surface area contributed by atoms with Crippen molar-refractivity contribution in [3.8, 4) is 11.5 Å². The monoisotopic (exact) mass is 533 g/mol. The molecule has 0 atom stereocenters. The van der Waals surface area contributed by atoms with E-state index in [-0.39, 0.29) is 29.5 Å². The molecule has 2 N–H and O–H groups in total. The van der Waals surface area contributed by atoms with Crippen molar-refractivity contribution >= 4 is 52.8 Å². The highest BCUT2D eigenvalue weighted by atomic mass is 35.5. The van der Waals surface area contributed by atoms with Crippen molar-refractivity contribution in [2.75, 3.05) is 23.9 Å². The predicted octanol–water partition coefficient (Wildman–Crippen LogP) is 4.65. The molecule has 1 aliphatic rings. The van der Waals surface area contributed by atoms with Crippen LogP contribution in [0.15, 0.2) is 66.2 Å². The van der Waals surface area contributed by atoms with Crippen molar-refractivity contribution in [3.05, 3.63) is 87.9 Å². The highest BCUT2D eigenvalue weighted by Crippen LogP contribution is 2.31. The van der Waals surface area contributed by atoms with E-state index < -0.39 is 17.8 Å². The summed E-state index contributed by atoms with van der Waals surface area (Å²) in [6.45, 7) is 3.38. The number of benzene rings is 3. The number of methoxy groups -OCH3 is 1. The molecule has 38 heavy (non-hydrogen) atoms. The molecule has 5 amide bonds. The van der Waals surface area contributed by atoms with E-state index in [1.165, 1.54) is 19.3 Å². The third kappa shape index (κ3) is 5.84. The van der Waals surface area contributed by atoms with Crippen LogP contribution in [0.5, 0.6) is 11.5 Å². The first kappa shape index (κ1) is 26.4. The lowest BCUT2D eigenvalue weighted by atomic mass is 10.1. The number of hydrogen-bond acceptors (Lipinski definition) is 6. The molecule has 0 unspecified atom stereocenters. The van der Waals surface area contributed by atoms with Gasteiger partial charge in [-0.2, -0.15) is 0 Å². The number of barbiturate groups is 1. The summed E-state index contributed by atoms with van der Waals surface area (Å²) in [4.78, 5) is 51.5. The normalized spacial score (nSPS) is 14.4. The Kier molecular flexibility index (Phi) is 7.78. The number of ether oxygens (including phenoxy) is 2. The second-order valence-electron chi connectivity index (χ2n) is 8.51. The highest BCUT2D eigenvalue weighted by molar-refractivity contribution is 6.39. The Labute approximate surface area is 224 Å². The maximum Gasteiger partial charge on any atom is 0.335 e. The van der Waals surface area contributed by atoms with E-state index >= 15 is 0 Å².